The highest BCUT2D eigenvalue weighted by Crippen LogP contribution is 2.31. The summed E-state index contributed by atoms with van der Waals surface area (Å²) < 4.78 is 5.95. The number of aromatic nitrogens is 1. The molecule has 2 nitrogen and oxygen atoms in total. The van der Waals surface area contributed by atoms with Crippen LogP contribution in [0.15, 0.2) is 60.9 Å². The zero-order valence-corrected chi connectivity index (χ0v) is 14.8. The van der Waals surface area contributed by atoms with Crippen LogP contribution in [0.1, 0.15) is 30.4 Å². The Morgan fingerprint density at radius 2 is 1.60 bits per heavy atom. The van der Waals surface area contributed by atoms with Gasteiger partial charge in [0.25, 0.3) is 0 Å². The average Bonchev–Trinajstić information content (AvgIpc) is 2.59. The first-order valence-corrected chi connectivity index (χ1v) is 8.99. The van der Waals surface area contributed by atoms with Crippen LogP contribution >= 0.6 is 0 Å². The summed E-state index contributed by atoms with van der Waals surface area (Å²) in [6, 6.07) is 17.2. The van der Waals surface area contributed by atoms with Crippen LogP contribution in [-0.2, 0) is 0 Å². The standard InChI is InChI=1S/C23H23NO/c1-16-12-13-24-15-23(16)22-11-8-19(14-17(22)2)18-6-9-21(10-7-18)25-20-4-3-5-20/h6-15,20H,3-5H2,1-2H3. The summed E-state index contributed by atoms with van der Waals surface area (Å²) in [5.74, 6) is 0.979. The van der Waals surface area contributed by atoms with Gasteiger partial charge in [-0.3, -0.25) is 4.98 Å². The van der Waals surface area contributed by atoms with Crippen LogP contribution in [0.3, 0.4) is 0 Å². The summed E-state index contributed by atoms with van der Waals surface area (Å²) in [5.41, 5.74) is 7.43. The fraction of sp³-hybridized carbons (Fsp3) is 0.261. The van der Waals surface area contributed by atoms with Crippen LogP contribution < -0.4 is 4.74 Å². The Morgan fingerprint density at radius 3 is 2.24 bits per heavy atom. The third kappa shape index (κ3) is 3.30. The predicted octanol–water partition coefficient (Wildman–Crippen LogP) is 5.96. The summed E-state index contributed by atoms with van der Waals surface area (Å²) in [6.45, 7) is 4.30. The van der Waals surface area contributed by atoms with Gasteiger partial charge in [0.15, 0.2) is 0 Å². The van der Waals surface area contributed by atoms with Gasteiger partial charge < -0.3 is 4.74 Å². The normalized spacial score (nSPS) is 14.2. The number of hydrogen-bond donors (Lipinski definition) is 0. The first-order chi connectivity index (χ1) is 12.2. The largest absolute Gasteiger partial charge is 0.490 e. The number of ether oxygens (including phenoxy) is 1. The zero-order chi connectivity index (χ0) is 17.2. The van der Waals surface area contributed by atoms with E-state index in [4.69, 9.17) is 4.74 Å². The minimum absolute atomic E-state index is 0.426. The molecular weight excluding hydrogens is 306 g/mol. The van der Waals surface area contributed by atoms with Crippen molar-refractivity contribution in [2.45, 2.75) is 39.2 Å². The van der Waals surface area contributed by atoms with E-state index < -0.39 is 0 Å². The van der Waals surface area contributed by atoms with Gasteiger partial charge in [0.05, 0.1) is 6.10 Å². The van der Waals surface area contributed by atoms with E-state index in [1.807, 2.05) is 12.4 Å². The van der Waals surface area contributed by atoms with Crippen molar-refractivity contribution < 1.29 is 4.74 Å². The van der Waals surface area contributed by atoms with Crippen molar-refractivity contribution in [1.82, 2.24) is 4.98 Å². The molecule has 25 heavy (non-hydrogen) atoms. The highest BCUT2D eigenvalue weighted by molar-refractivity contribution is 5.74. The average molecular weight is 329 g/mol. The zero-order valence-electron chi connectivity index (χ0n) is 14.8. The molecule has 0 spiro atoms. The minimum Gasteiger partial charge on any atom is -0.490 e. The van der Waals surface area contributed by atoms with E-state index in [0.717, 1.165) is 5.75 Å². The van der Waals surface area contributed by atoms with Crippen molar-refractivity contribution in [3.8, 4) is 28.0 Å². The van der Waals surface area contributed by atoms with E-state index in [1.54, 1.807) is 0 Å². The molecule has 4 rings (SSSR count). The fourth-order valence-electron chi connectivity index (χ4n) is 3.30. The lowest BCUT2D eigenvalue weighted by molar-refractivity contribution is 0.120. The Balaban J connectivity index is 1.59. The number of pyridine rings is 1. The van der Waals surface area contributed by atoms with Crippen molar-refractivity contribution >= 4 is 0 Å². The molecule has 0 atom stereocenters. The number of nitrogens with zero attached hydrogens (tertiary/aromatic N) is 1. The maximum atomic E-state index is 5.95. The van der Waals surface area contributed by atoms with Crippen LogP contribution in [0.4, 0.5) is 0 Å². The topological polar surface area (TPSA) is 22.1 Å². The Labute approximate surface area is 149 Å². The van der Waals surface area contributed by atoms with Crippen LogP contribution in [0.2, 0.25) is 0 Å². The summed E-state index contributed by atoms with van der Waals surface area (Å²) in [7, 11) is 0. The van der Waals surface area contributed by atoms with Crippen molar-refractivity contribution in [3.63, 3.8) is 0 Å². The molecule has 1 aliphatic carbocycles. The number of rotatable bonds is 4. The monoisotopic (exact) mass is 329 g/mol. The molecule has 1 fully saturated rings. The molecule has 0 unspecified atom stereocenters. The van der Waals surface area contributed by atoms with Crippen molar-refractivity contribution in [2.75, 3.05) is 0 Å². The van der Waals surface area contributed by atoms with E-state index in [0.29, 0.717) is 6.10 Å². The lowest BCUT2D eigenvalue weighted by Crippen LogP contribution is -2.24. The predicted molar refractivity (Wildman–Crippen MR) is 103 cm³/mol. The SMILES string of the molecule is Cc1cc(-c2ccc(OC3CCC3)cc2)ccc1-c1cnccc1C. The molecule has 0 amide bonds. The van der Waals surface area contributed by atoms with Crippen molar-refractivity contribution in [3.05, 3.63) is 72.1 Å². The molecule has 1 aromatic heterocycles. The molecule has 2 heteroatoms. The summed E-state index contributed by atoms with van der Waals surface area (Å²) in [4.78, 5) is 4.27. The molecule has 126 valence electrons. The number of benzene rings is 2. The van der Waals surface area contributed by atoms with Gasteiger partial charge in [0, 0.05) is 18.0 Å². The van der Waals surface area contributed by atoms with Gasteiger partial charge in [-0.2, -0.15) is 0 Å². The number of aryl methyl sites for hydroxylation is 2. The van der Waals surface area contributed by atoms with E-state index >= 15 is 0 Å². The Morgan fingerprint density at radius 1 is 0.840 bits per heavy atom. The van der Waals surface area contributed by atoms with Crippen LogP contribution in [0, 0.1) is 13.8 Å². The van der Waals surface area contributed by atoms with Gasteiger partial charge in [-0.05, 0) is 79.1 Å². The lowest BCUT2D eigenvalue weighted by atomic mass is 9.94. The first-order valence-electron chi connectivity index (χ1n) is 8.99. The van der Waals surface area contributed by atoms with E-state index in [9.17, 15) is 0 Å². The molecule has 1 aliphatic rings. The van der Waals surface area contributed by atoms with E-state index in [1.165, 1.54) is 52.6 Å². The second-order valence-corrected chi connectivity index (χ2v) is 6.92. The van der Waals surface area contributed by atoms with Crippen molar-refractivity contribution in [1.29, 1.82) is 0 Å². The summed E-state index contributed by atoms with van der Waals surface area (Å²) in [5, 5.41) is 0. The molecule has 3 aromatic rings. The maximum Gasteiger partial charge on any atom is 0.119 e. The van der Waals surface area contributed by atoms with Gasteiger partial charge in [-0.15, -0.1) is 0 Å². The fourth-order valence-corrected chi connectivity index (χ4v) is 3.30. The Bertz CT molecular complexity index is 879. The first kappa shape index (κ1) is 15.9. The van der Waals surface area contributed by atoms with Crippen molar-refractivity contribution in [2.24, 2.45) is 0 Å². The maximum absolute atomic E-state index is 5.95. The lowest BCUT2D eigenvalue weighted by Gasteiger charge is -2.26. The Kier molecular flexibility index (Phi) is 4.27. The van der Waals surface area contributed by atoms with Gasteiger partial charge in [0.2, 0.25) is 0 Å². The molecule has 0 N–H and O–H groups in total. The molecular formula is C23H23NO. The highest BCUT2D eigenvalue weighted by atomic mass is 16.5. The van der Waals surface area contributed by atoms with Gasteiger partial charge in [-0.1, -0.05) is 30.3 Å². The molecule has 0 saturated heterocycles. The minimum atomic E-state index is 0.426. The van der Waals surface area contributed by atoms with Crippen LogP contribution in [0.25, 0.3) is 22.3 Å². The third-order valence-corrected chi connectivity index (χ3v) is 5.10. The molecule has 0 bridgehead atoms. The molecule has 1 heterocycles. The van der Waals surface area contributed by atoms with Gasteiger partial charge in [-0.25, -0.2) is 0 Å². The number of hydrogen-bond acceptors (Lipinski definition) is 2. The van der Waals surface area contributed by atoms with E-state index in [-0.39, 0.29) is 0 Å². The molecule has 0 aliphatic heterocycles. The second-order valence-electron chi connectivity index (χ2n) is 6.92. The third-order valence-electron chi connectivity index (χ3n) is 5.10. The van der Waals surface area contributed by atoms with Crippen LogP contribution in [0.5, 0.6) is 5.75 Å². The molecule has 0 radical (unpaired) electrons. The van der Waals surface area contributed by atoms with E-state index in [2.05, 4.69) is 67.4 Å². The highest BCUT2D eigenvalue weighted by Gasteiger charge is 2.18. The summed E-state index contributed by atoms with van der Waals surface area (Å²) >= 11 is 0. The molecule has 1 saturated carbocycles. The van der Waals surface area contributed by atoms with Crippen LogP contribution in [-0.4, -0.2) is 11.1 Å². The smallest absolute Gasteiger partial charge is 0.119 e. The van der Waals surface area contributed by atoms with Gasteiger partial charge >= 0.3 is 0 Å². The van der Waals surface area contributed by atoms with Gasteiger partial charge in [0.1, 0.15) is 5.75 Å². The summed E-state index contributed by atoms with van der Waals surface area (Å²) in [6.07, 6.45) is 7.90. The molecule has 2 aromatic carbocycles. The Hall–Kier alpha value is -2.61. The second kappa shape index (κ2) is 6.72. The quantitative estimate of drug-likeness (QED) is 0.589.